The zero-order valence-electron chi connectivity index (χ0n) is 20.2. The Morgan fingerprint density at radius 2 is 1.47 bits per heavy atom. The second kappa shape index (κ2) is 11.1. The molecule has 0 heterocycles. The summed E-state index contributed by atoms with van der Waals surface area (Å²) in [5.41, 5.74) is 1.87. The van der Waals surface area contributed by atoms with Crippen LogP contribution in [-0.2, 0) is 16.6 Å². The van der Waals surface area contributed by atoms with Crippen molar-refractivity contribution in [1.82, 2.24) is 0 Å². The van der Waals surface area contributed by atoms with Gasteiger partial charge in [0.2, 0.25) is 0 Å². The highest BCUT2D eigenvalue weighted by molar-refractivity contribution is 7.92. The van der Waals surface area contributed by atoms with E-state index < -0.39 is 15.9 Å². The summed E-state index contributed by atoms with van der Waals surface area (Å²) in [5, 5.41) is 2.88. The lowest BCUT2D eigenvalue weighted by Crippen LogP contribution is -2.32. The van der Waals surface area contributed by atoms with Crippen LogP contribution in [0.5, 0.6) is 5.75 Å². The molecular weight excluding hydrogens is 472 g/mol. The van der Waals surface area contributed by atoms with Gasteiger partial charge in [0.25, 0.3) is 15.9 Å². The third-order valence-electron chi connectivity index (χ3n) is 5.38. The fourth-order valence-corrected chi connectivity index (χ4v) is 5.26. The monoisotopic (exact) mass is 500 g/mol. The number of nitrogens with one attached hydrogen (secondary N) is 1. The Kier molecular flexibility index (Phi) is 7.71. The van der Waals surface area contributed by atoms with Crippen LogP contribution in [0.1, 0.15) is 29.8 Å². The summed E-state index contributed by atoms with van der Waals surface area (Å²) >= 11 is 0. The van der Waals surface area contributed by atoms with Crippen LogP contribution in [0.25, 0.3) is 0 Å². The van der Waals surface area contributed by atoms with Crippen molar-refractivity contribution in [3.63, 3.8) is 0 Å². The van der Waals surface area contributed by atoms with Crippen molar-refractivity contribution in [3.8, 4) is 5.75 Å². The quantitative estimate of drug-likeness (QED) is 0.300. The van der Waals surface area contributed by atoms with Gasteiger partial charge in [0, 0.05) is 11.8 Å². The number of carbonyl (C=O) groups excluding carboxylic acids is 1. The molecule has 0 fully saturated rings. The average Bonchev–Trinajstić information content (AvgIpc) is 2.88. The normalized spacial score (nSPS) is 11.2. The topological polar surface area (TPSA) is 75.7 Å². The summed E-state index contributed by atoms with van der Waals surface area (Å²) in [4.78, 5) is 13.6. The van der Waals surface area contributed by atoms with Crippen LogP contribution in [-0.4, -0.2) is 20.4 Å². The number of ether oxygens (including phenoxy) is 1. The maximum Gasteiger partial charge on any atom is 0.264 e. The van der Waals surface area contributed by atoms with Gasteiger partial charge in [-0.05, 0) is 55.8 Å². The van der Waals surface area contributed by atoms with Gasteiger partial charge in [-0.2, -0.15) is 0 Å². The molecule has 1 amide bonds. The first-order valence-corrected chi connectivity index (χ1v) is 13.1. The molecule has 0 aromatic heterocycles. The molecule has 0 saturated carbocycles. The molecule has 0 unspecified atom stereocenters. The lowest BCUT2D eigenvalue weighted by atomic mass is 10.1. The molecule has 0 spiro atoms. The number of anilines is 2. The molecule has 4 aromatic carbocycles. The van der Waals surface area contributed by atoms with Gasteiger partial charge in [0.1, 0.15) is 5.75 Å². The molecular formula is C29H28N2O4S. The Morgan fingerprint density at radius 1 is 0.833 bits per heavy atom. The standard InChI is InChI=1S/C29H28N2O4S/c1-22(2)35-25-15-11-14-24(20-25)30-29(32)27-18-9-10-19-28(27)31(21-23-12-5-3-6-13-23)36(33,34)26-16-7-4-8-17-26/h3-20,22H,21H2,1-2H3,(H,30,32). The second-order valence-corrected chi connectivity index (χ2v) is 10.3. The molecule has 0 aliphatic rings. The van der Waals surface area contributed by atoms with Gasteiger partial charge in [0.15, 0.2) is 0 Å². The molecule has 4 rings (SSSR count). The van der Waals surface area contributed by atoms with E-state index in [0.29, 0.717) is 11.4 Å². The molecule has 0 aliphatic carbocycles. The lowest BCUT2D eigenvalue weighted by molar-refractivity contribution is 0.102. The first kappa shape index (κ1) is 25.0. The van der Waals surface area contributed by atoms with E-state index in [-0.39, 0.29) is 28.8 Å². The maximum atomic E-state index is 13.8. The third kappa shape index (κ3) is 5.93. The predicted molar refractivity (Wildman–Crippen MR) is 143 cm³/mol. The van der Waals surface area contributed by atoms with E-state index in [1.54, 1.807) is 72.8 Å². The molecule has 0 aliphatic heterocycles. The van der Waals surface area contributed by atoms with Crippen LogP contribution in [0, 0.1) is 0 Å². The van der Waals surface area contributed by atoms with Crippen molar-refractivity contribution in [2.24, 2.45) is 0 Å². The summed E-state index contributed by atoms with van der Waals surface area (Å²) in [7, 11) is -3.97. The number of benzene rings is 4. The van der Waals surface area contributed by atoms with Crippen molar-refractivity contribution in [1.29, 1.82) is 0 Å². The van der Waals surface area contributed by atoms with Crippen molar-refractivity contribution < 1.29 is 17.9 Å². The van der Waals surface area contributed by atoms with E-state index in [1.165, 1.54) is 4.31 Å². The number of sulfonamides is 1. The Labute approximate surface area is 212 Å². The van der Waals surface area contributed by atoms with Crippen LogP contribution in [0.4, 0.5) is 11.4 Å². The summed E-state index contributed by atoms with van der Waals surface area (Å²) in [6.07, 6.45) is -0.00795. The summed E-state index contributed by atoms with van der Waals surface area (Å²) in [6.45, 7) is 3.92. The first-order valence-electron chi connectivity index (χ1n) is 11.6. The second-order valence-electron chi connectivity index (χ2n) is 8.48. The van der Waals surface area contributed by atoms with Gasteiger partial charge < -0.3 is 10.1 Å². The average molecular weight is 501 g/mol. The number of carbonyl (C=O) groups is 1. The molecule has 0 bridgehead atoms. The van der Waals surface area contributed by atoms with Crippen LogP contribution >= 0.6 is 0 Å². The molecule has 6 nitrogen and oxygen atoms in total. The van der Waals surface area contributed by atoms with Crippen LogP contribution in [0.15, 0.2) is 114 Å². The van der Waals surface area contributed by atoms with Gasteiger partial charge in [-0.3, -0.25) is 9.10 Å². The molecule has 36 heavy (non-hydrogen) atoms. The number of para-hydroxylation sites is 1. The molecule has 4 aromatic rings. The maximum absolute atomic E-state index is 13.8. The Morgan fingerprint density at radius 3 is 2.17 bits per heavy atom. The molecule has 0 radical (unpaired) electrons. The molecule has 0 atom stereocenters. The summed E-state index contributed by atoms with van der Waals surface area (Å²) in [5.74, 6) is 0.210. The highest BCUT2D eigenvalue weighted by Gasteiger charge is 2.28. The minimum absolute atomic E-state index is 0.00795. The zero-order valence-corrected chi connectivity index (χ0v) is 21.0. The molecule has 184 valence electrons. The van der Waals surface area contributed by atoms with Gasteiger partial charge in [-0.25, -0.2) is 8.42 Å². The van der Waals surface area contributed by atoms with E-state index in [9.17, 15) is 13.2 Å². The fourth-order valence-electron chi connectivity index (χ4n) is 3.77. The lowest BCUT2D eigenvalue weighted by Gasteiger charge is -2.26. The minimum Gasteiger partial charge on any atom is -0.491 e. The number of amides is 1. The van der Waals surface area contributed by atoms with Gasteiger partial charge in [-0.1, -0.05) is 66.7 Å². The predicted octanol–water partition coefficient (Wildman–Crippen LogP) is 6.12. The highest BCUT2D eigenvalue weighted by atomic mass is 32.2. The van der Waals surface area contributed by atoms with E-state index in [0.717, 1.165) is 5.56 Å². The highest BCUT2D eigenvalue weighted by Crippen LogP contribution is 2.30. The van der Waals surface area contributed by atoms with Gasteiger partial charge >= 0.3 is 0 Å². The Balaban J connectivity index is 1.73. The largest absolute Gasteiger partial charge is 0.491 e. The number of rotatable bonds is 9. The SMILES string of the molecule is CC(C)Oc1cccc(NC(=O)c2ccccc2N(Cc2ccccc2)S(=O)(=O)c2ccccc2)c1. The van der Waals surface area contributed by atoms with Crippen LogP contribution < -0.4 is 14.4 Å². The number of hydrogen-bond donors (Lipinski definition) is 1. The van der Waals surface area contributed by atoms with Crippen molar-refractivity contribution in [2.45, 2.75) is 31.4 Å². The van der Waals surface area contributed by atoms with Crippen LogP contribution in [0.2, 0.25) is 0 Å². The molecule has 0 saturated heterocycles. The summed E-state index contributed by atoms with van der Waals surface area (Å²) in [6, 6.07) is 31.3. The van der Waals surface area contributed by atoms with Crippen molar-refractivity contribution >= 4 is 27.3 Å². The Bertz CT molecular complexity index is 1420. The molecule has 1 N–H and O–H groups in total. The first-order chi connectivity index (χ1) is 17.3. The van der Waals surface area contributed by atoms with Crippen LogP contribution in [0.3, 0.4) is 0 Å². The smallest absolute Gasteiger partial charge is 0.264 e. The van der Waals surface area contributed by atoms with E-state index in [4.69, 9.17) is 4.74 Å². The number of hydrogen-bond acceptors (Lipinski definition) is 4. The molecule has 7 heteroatoms. The summed E-state index contributed by atoms with van der Waals surface area (Å²) < 4.78 is 34.6. The van der Waals surface area contributed by atoms with E-state index in [1.807, 2.05) is 50.2 Å². The zero-order chi connectivity index (χ0) is 25.5. The minimum atomic E-state index is -3.97. The number of nitrogens with zero attached hydrogens (tertiary/aromatic N) is 1. The van der Waals surface area contributed by atoms with E-state index >= 15 is 0 Å². The Hall–Kier alpha value is -4.10. The van der Waals surface area contributed by atoms with Crippen molar-refractivity contribution in [3.05, 3.63) is 120 Å². The van der Waals surface area contributed by atoms with Crippen molar-refractivity contribution in [2.75, 3.05) is 9.62 Å². The van der Waals surface area contributed by atoms with E-state index in [2.05, 4.69) is 5.32 Å². The fraction of sp³-hybridized carbons (Fsp3) is 0.138. The third-order valence-corrected chi connectivity index (χ3v) is 7.16. The van der Waals surface area contributed by atoms with Gasteiger partial charge in [0.05, 0.1) is 28.8 Å². The van der Waals surface area contributed by atoms with Gasteiger partial charge in [-0.15, -0.1) is 0 Å².